The lowest BCUT2D eigenvalue weighted by atomic mass is 10.0. The molecule has 22 heavy (non-hydrogen) atoms. The highest BCUT2D eigenvalue weighted by Crippen LogP contribution is 2.26. The summed E-state index contributed by atoms with van der Waals surface area (Å²) in [6.07, 6.45) is 0. The van der Waals surface area contributed by atoms with Crippen molar-refractivity contribution >= 4 is 23.3 Å². The van der Waals surface area contributed by atoms with Gasteiger partial charge in [-0.15, -0.1) is 0 Å². The van der Waals surface area contributed by atoms with Gasteiger partial charge in [0.1, 0.15) is 10.8 Å². The Morgan fingerprint density at radius 3 is 2.36 bits per heavy atom. The molecule has 0 saturated heterocycles. The van der Waals surface area contributed by atoms with Gasteiger partial charge in [0.05, 0.1) is 10.5 Å². The molecule has 0 aromatic heterocycles. The number of ether oxygens (including phenoxy) is 1. The molecule has 0 aliphatic rings. The van der Waals surface area contributed by atoms with Crippen LogP contribution >= 0.6 is 11.6 Å². The van der Waals surface area contributed by atoms with Crippen LogP contribution in [0.1, 0.15) is 35.7 Å². The van der Waals surface area contributed by atoms with E-state index in [0.29, 0.717) is 11.7 Å². The summed E-state index contributed by atoms with van der Waals surface area (Å²) in [6.45, 7) is 4.13. The molecule has 2 rings (SSSR count). The summed E-state index contributed by atoms with van der Waals surface area (Å²) >= 11 is 5.71. The molecule has 0 bridgehead atoms. The standard InChI is InChI=1S/C16H14ClNO4/c1-10(2)11-3-6-13(7-4-11)22-16(19)12-5-8-14(17)15(9-12)18(20)21/h3-10H,1-2H3. The molecule has 2 aromatic rings. The van der Waals surface area contributed by atoms with Crippen LogP contribution in [0, 0.1) is 10.1 Å². The summed E-state index contributed by atoms with van der Waals surface area (Å²) in [6, 6.07) is 10.9. The highest BCUT2D eigenvalue weighted by molar-refractivity contribution is 6.32. The molecule has 2 aromatic carbocycles. The molecule has 0 spiro atoms. The number of halogens is 1. The number of nitro benzene ring substituents is 1. The van der Waals surface area contributed by atoms with Crippen LogP contribution in [0.3, 0.4) is 0 Å². The second-order valence-corrected chi connectivity index (χ2v) is 5.44. The molecule has 5 nitrogen and oxygen atoms in total. The number of hydrogen-bond donors (Lipinski definition) is 0. The maximum atomic E-state index is 12.0. The summed E-state index contributed by atoms with van der Waals surface area (Å²) in [4.78, 5) is 22.2. The summed E-state index contributed by atoms with van der Waals surface area (Å²) in [7, 11) is 0. The average molecular weight is 320 g/mol. The zero-order valence-electron chi connectivity index (χ0n) is 12.1. The van der Waals surface area contributed by atoms with Crippen molar-refractivity contribution < 1.29 is 14.5 Å². The van der Waals surface area contributed by atoms with Crippen LogP contribution in [-0.4, -0.2) is 10.9 Å². The normalized spacial score (nSPS) is 10.5. The topological polar surface area (TPSA) is 69.4 Å². The van der Waals surface area contributed by atoms with Crippen molar-refractivity contribution in [3.63, 3.8) is 0 Å². The van der Waals surface area contributed by atoms with Gasteiger partial charge in [-0.3, -0.25) is 10.1 Å². The molecule has 0 heterocycles. The van der Waals surface area contributed by atoms with Gasteiger partial charge < -0.3 is 4.74 Å². The third-order valence-corrected chi connectivity index (χ3v) is 3.46. The van der Waals surface area contributed by atoms with Gasteiger partial charge in [0.25, 0.3) is 5.69 Å². The van der Waals surface area contributed by atoms with Gasteiger partial charge in [-0.25, -0.2) is 4.79 Å². The van der Waals surface area contributed by atoms with Gasteiger partial charge in [-0.05, 0) is 35.7 Å². The van der Waals surface area contributed by atoms with Crippen LogP contribution in [-0.2, 0) is 0 Å². The van der Waals surface area contributed by atoms with E-state index in [1.54, 1.807) is 12.1 Å². The maximum absolute atomic E-state index is 12.0. The Morgan fingerprint density at radius 1 is 1.18 bits per heavy atom. The van der Waals surface area contributed by atoms with Crippen LogP contribution in [0.25, 0.3) is 0 Å². The van der Waals surface area contributed by atoms with Gasteiger partial charge in [0.2, 0.25) is 0 Å². The van der Waals surface area contributed by atoms with Crippen LogP contribution in [0.2, 0.25) is 5.02 Å². The molecule has 0 fully saturated rings. The molecular formula is C16H14ClNO4. The van der Waals surface area contributed by atoms with Gasteiger partial charge in [-0.1, -0.05) is 37.6 Å². The van der Waals surface area contributed by atoms with E-state index in [2.05, 4.69) is 13.8 Å². The molecule has 0 saturated carbocycles. The molecule has 114 valence electrons. The molecule has 0 aliphatic heterocycles. The first-order chi connectivity index (χ1) is 10.4. The summed E-state index contributed by atoms with van der Waals surface area (Å²) in [5.41, 5.74) is 0.872. The second-order valence-electron chi connectivity index (χ2n) is 5.04. The zero-order valence-corrected chi connectivity index (χ0v) is 12.8. The van der Waals surface area contributed by atoms with E-state index >= 15 is 0 Å². The molecule has 0 unspecified atom stereocenters. The molecule has 0 amide bonds. The van der Waals surface area contributed by atoms with Crippen LogP contribution < -0.4 is 4.74 Å². The number of esters is 1. The number of benzene rings is 2. The second kappa shape index (κ2) is 6.58. The van der Waals surface area contributed by atoms with Gasteiger partial charge in [-0.2, -0.15) is 0 Å². The summed E-state index contributed by atoms with van der Waals surface area (Å²) < 4.78 is 5.21. The third-order valence-electron chi connectivity index (χ3n) is 3.14. The van der Waals surface area contributed by atoms with Crippen LogP contribution in [0.4, 0.5) is 5.69 Å². The Hall–Kier alpha value is -2.40. The Bertz CT molecular complexity index is 711. The number of nitrogens with zero attached hydrogens (tertiary/aromatic N) is 1. The Balaban J connectivity index is 2.18. The van der Waals surface area contributed by atoms with Gasteiger partial charge in [0.15, 0.2) is 0 Å². The van der Waals surface area contributed by atoms with E-state index in [0.717, 1.165) is 11.6 Å². The summed E-state index contributed by atoms with van der Waals surface area (Å²) in [5, 5.41) is 10.8. The highest BCUT2D eigenvalue weighted by Gasteiger charge is 2.17. The minimum absolute atomic E-state index is 0.0252. The lowest BCUT2D eigenvalue weighted by molar-refractivity contribution is -0.384. The fourth-order valence-corrected chi connectivity index (χ4v) is 2.05. The van der Waals surface area contributed by atoms with Crippen molar-refractivity contribution in [3.05, 3.63) is 68.7 Å². The molecule has 0 radical (unpaired) electrons. The van der Waals surface area contributed by atoms with Gasteiger partial charge in [0, 0.05) is 6.07 Å². The number of nitro groups is 1. The Morgan fingerprint density at radius 2 is 1.82 bits per heavy atom. The van der Waals surface area contributed by atoms with Crippen molar-refractivity contribution in [2.45, 2.75) is 19.8 Å². The highest BCUT2D eigenvalue weighted by atomic mass is 35.5. The predicted octanol–water partition coefficient (Wildman–Crippen LogP) is 4.59. The van der Waals surface area contributed by atoms with E-state index in [1.165, 1.54) is 12.1 Å². The number of rotatable bonds is 4. The molecule has 0 N–H and O–H groups in total. The smallest absolute Gasteiger partial charge is 0.343 e. The van der Waals surface area contributed by atoms with Crippen LogP contribution in [0.15, 0.2) is 42.5 Å². The number of carbonyl (C=O) groups is 1. The van der Waals surface area contributed by atoms with E-state index < -0.39 is 10.9 Å². The van der Waals surface area contributed by atoms with Crippen molar-refractivity contribution in [1.29, 1.82) is 0 Å². The lowest BCUT2D eigenvalue weighted by Crippen LogP contribution is -2.09. The van der Waals surface area contributed by atoms with Crippen molar-refractivity contribution in [2.75, 3.05) is 0 Å². The quantitative estimate of drug-likeness (QED) is 0.357. The van der Waals surface area contributed by atoms with E-state index in [1.807, 2.05) is 12.1 Å². The molecule has 0 atom stereocenters. The Kier molecular flexibility index (Phi) is 4.78. The minimum Gasteiger partial charge on any atom is -0.423 e. The summed E-state index contributed by atoms with van der Waals surface area (Å²) in [5.74, 6) is 0.0905. The van der Waals surface area contributed by atoms with Crippen LogP contribution in [0.5, 0.6) is 5.75 Å². The fraction of sp³-hybridized carbons (Fsp3) is 0.188. The van der Waals surface area contributed by atoms with Crippen molar-refractivity contribution in [3.8, 4) is 5.75 Å². The maximum Gasteiger partial charge on any atom is 0.343 e. The molecular weight excluding hydrogens is 306 g/mol. The SMILES string of the molecule is CC(C)c1ccc(OC(=O)c2ccc(Cl)c([N+](=O)[O-])c2)cc1. The van der Waals surface area contributed by atoms with E-state index in [4.69, 9.17) is 16.3 Å². The minimum atomic E-state index is -0.669. The van der Waals surface area contributed by atoms with Crippen molar-refractivity contribution in [1.82, 2.24) is 0 Å². The molecule has 0 aliphatic carbocycles. The average Bonchev–Trinajstić information content (AvgIpc) is 2.47. The first kappa shape index (κ1) is 16.0. The Labute approximate surface area is 132 Å². The van der Waals surface area contributed by atoms with E-state index in [-0.39, 0.29) is 16.3 Å². The number of hydrogen-bond acceptors (Lipinski definition) is 4. The van der Waals surface area contributed by atoms with E-state index in [9.17, 15) is 14.9 Å². The predicted molar refractivity (Wildman–Crippen MR) is 83.6 cm³/mol. The lowest BCUT2D eigenvalue weighted by Gasteiger charge is -2.08. The van der Waals surface area contributed by atoms with Gasteiger partial charge >= 0.3 is 5.97 Å². The zero-order chi connectivity index (χ0) is 16.3. The van der Waals surface area contributed by atoms with Crippen molar-refractivity contribution in [2.24, 2.45) is 0 Å². The molecule has 6 heteroatoms. The first-order valence-corrected chi connectivity index (χ1v) is 7.02. The first-order valence-electron chi connectivity index (χ1n) is 6.64. The fourth-order valence-electron chi connectivity index (χ4n) is 1.87. The largest absolute Gasteiger partial charge is 0.423 e. The third kappa shape index (κ3) is 3.62. The monoisotopic (exact) mass is 319 g/mol. The number of carbonyl (C=O) groups excluding carboxylic acids is 1.